The summed E-state index contributed by atoms with van der Waals surface area (Å²) in [4.78, 5) is 0. The molecule has 1 aromatic rings. The van der Waals surface area contributed by atoms with E-state index in [9.17, 15) is 5.11 Å². The largest absolute Gasteiger partial charge is 0.466 e. The Hall–Kier alpha value is -0.760. The van der Waals surface area contributed by atoms with Crippen LogP contribution in [0.2, 0.25) is 0 Å². The number of hydrogen-bond acceptors (Lipinski definition) is 2. The van der Waals surface area contributed by atoms with Gasteiger partial charge in [0.25, 0.3) is 0 Å². The molecule has 76 valence electrons. The highest BCUT2D eigenvalue weighted by molar-refractivity contribution is 5.31. The van der Waals surface area contributed by atoms with Gasteiger partial charge in [-0.3, -0.25) is 0 Å². The third-order valence-corrected chi connectivity index (χ3v) is 4.01. The molecule has 2 aliphatic carbocycles. The lowest BCUT2D eigenvalue weighted by atomic mass is 10.0. The van der Waals surface area contributed by atoms with E-state index in [1.165, 1.54) is 25.7 Å². The highest BCUT2D eigenvalue weighted by atomic mass is 16.4. The predicted octanol–water partition coefficient (Wildman–Crippen LogP) is 2.60. The maximum Gasteiger partial charge on any atom is 0.138 e. The molecule has 14 heavy (non-hydrogen) atoms. The van der Waals surface area contributed by atoms with E-state index < -0.39 is 5.60 Å². The molecule has 1 aromatic heterocycles. The number of aliphatic hydroxyl groups is 1. The van der Waals surface area contributed by atoms with Crippen LogP contribution in [-0.4, -0.2) is 5.11 Å². The molecule has 0 saturated heterocycles. The van der Waals surface area contributed by atoms with Gasteiger partial charge < -0.3 is 9.52 Å². The van der Waals surface area contributed by atoms with E-state index in [1.807, 2.05) is 13.0 Å². The molecule has 2 atom stereocenters. The normalized spacial score (nSPS) is 40.7. The molecule has 0 aromatic carbocycles. The molecule has 2 fully saturated rings. The van der Waals surface area contributed by atoms with Crippen LogP contribution in [0.3, 0.4) is 0 Å². The highest BCUT2D eigenvalue weighted by Gasteiger charge is 2.66. The van der Waals surface area contributed by atoms with Gasteiger partial charge in [-0.25, -0.2) is 0 Å². The van der Waals surface area contributed by atoms with Crippen molar-refractivity contribution >= 4 is 0 Å². The zero-order chi connectivity index (χ0) is 9.76. The summed E-state index contributed by atoms with van der Waals surface area (Å²) in [6, 6.07) is 1.94. The van der Waals surface area contributed by atoms with E-state index in [2.05, 4.69) is 0 Å². The SMILES string of the molecule is Cc1ccoc1C1(O)C2CCCCC21. The number of rotatable bonds is 1. The zero-order valence-electron chi connectivity index (χ0n) is 8.49. The van der Waals surface area contributed by atoms with Crippen LogP contribution in [0.25, 0.3) is 0 Å². The summed E-state index contributed by atoms with van der Waals surface area (Å²) in [5.74, 6) is 1.77. The molecule has 1 heterocycles. The molecule has 0 spiro atoms. The molecule has 2 unspecified atom stereocenters. The third-order valence-electron chi connectivity index (χ3n) is 4.01. The number of furan rings is 1. The molecule has 2 heteroatoms. The van der Waals surface area contributed by atoms with Crippen molar-refractivity contribution in [3.63, 3.8) is 0 Å². The van der Waals surface area contributed by atoms with Crippen LogP contribution in [0, 0.1) is 18.8 Å². The molecule has 2 nitrogen and oxygen atoms in total. The van der Waals surface area contributed by atoms with Crippen molar-refractivity contribution in [2.45, 2.75) is 38.2 Å². The van der Waals surface area contributed by atoms with Crippen LogP contribution < -0.4 is 0 Å². The second-order valence-electron chi connectivity index (χ2n) is 4.76. The molecule has 1 N–H and O–H groups in total. The Kier molecular flexibility index (Phi) is 1.61. The van der Waals surface area contributed by atoms with Crippen LogP contribution in [0.4, 0.5) is 0 Å². The van der Waals surface area contributed by atoms with Gasteiger partial charge in [-0.2, -0.15) is 0 Å². The van der Waals surface area contributed by atoms with Crippen LogP contribution in [0.1, 0.15) is 37.0 Å². The minimum Gasteiger partial charge on any atom is -0.466 e. The molecule has 2 aliphatic rings. The van der Waals surface area contributed by atoms with Gasteiger partial charge in [0, 0.05) is 11.8 Å². The fourth-order valence-corrected chi connectivity index (χ4v) is 3.21. The van der Waals surface area contributed by atoms with E-state index in [4.69, 9.17) is 4.42 Å². The number of hydrogen-bond donors (Lipinski definition) is 1. The molecule has 2 saturated carbocycles. The maximum atomic E-state index is 10.5. The topological polar surface area (TPSA) is 33.4 Å². The quantitative estimate of drug-likeness (QED) is 0.742. The molecule has 0 bridgehead atoms. The van der Waals surface area contributed by atoms with Crippen molar-refractivity contribution in [2.24, 2.45) is 11.8 Å². The fourth-order valence-electron chi connectivity index (χ4n) is 3.21. The second kappa shape index (κ2) is 2.63. The van der Waals surface area contributed by atoms with Gasteiger partial charge in [0.1, 0.15) is 11.4 Å². The van der Waals surface area contributed by atoms with Gasteiger partial charge in [-0.1, -0.05) is 12.8 Å². The van der Waals surface area contributed by atoms with E-state index in [-0.39, 0.29) is 0 Å². The van der Waals surface area contributed by atoms with Crippen molar-refractivity contribution in [3.05, 3.63) is 23.7 Å². The van der Waals surface area contributed by atoms with Crippen LogP contribution >= 0.6 is 0 Å². The molecule has 3 rings (SSSR count). The van der Waals surface area contributed by atoms with Crippen molar-refractivity contribution in [2.75, 3.05) is 0 Å². The lowest BCUT2D eigenvalue weighted by Crippen LogP contribution is -2.10. The Balaban J connectivity index is 1.96. The van der Waals surface area contributed by atoms with E-state index >= 15 is 0 Å². The van der Waals surface area contributed by atoms with E-state index in [1.54, 1.807) is 6.26 Å². The van der Waals surface area contributed by atoms with Gasteiger partial charge in [0.05, 0.1) is 6.26 Å². The van der Waals surface area contributed by atoms with Crippen molar-refractivity contribution in [3.8, 4) is 0 Å². The summed E-state index contributed by atoms with van der Waals surface area (Å²) >= 11 is 0. The molecule has 0 aliphatic heterocycles. The first-order chi connectivity index (χ1) is 6.74. The lowest BCUT2D eigenvalue weighted by Gasteiger charge is -2.07. The Labute approximate surface area is 83.9 Å². The Bertz CT molecular complexity index is 341. The second-order valence-corrected chi connectivity index (χ2v) is 4.76. The summed E-state index contributed by atoms with van der Waals surface area (Å²) in [5.41, 5.74) is 0.492. The number of aryl methyl sites for hydroxylation is 1. The number of fused-ring (bicyclic) bond motifs is 1. The van der Waals surface area contributed by atoms with Crippen LogP contribution in [0.5, 0.6) is 0 Å². The minimum absolute atomic E-state index is 0.473. The Morgan fingerprint density at radius 1 is 1.36 bits per heavy atom. The Morgan fingerprint density at radius 3 is 2.50 bits per heavy atom. The minimum atomic E-state index is -0.607. The third kappa shape index (κ3) is 0.897. The Morgan fingerprint density at radius 2 is 2.00 bits per heavy atom. The average Bonchev–Trinajstić information content (AvgIpc) is 2.57. The average molecular weight is 192 g/mol. The monoisotopic (exact) mass is 192 g/mol. The van der Waals surface area contributed by atoms with Crippen LogP contribution in [-0.2, 0) is 5.60 Å². The van der Waals surface area contributed by atoms with Crippen LogP contribution in [0.15, 0.2) is 16.7 Å². The first-order valence-electron chi connectivity index (χ1n) is 5.51. The summed E-state index contributed by atoms with van der Waals surface area (Å²) in [6.07, 6.45) is 6.56. The first-order valence-corrected chi connectivity index (χ1v) is 5.51. The molecular weight excluding hydrogens is 176 g/mol. The van der Waals surface area contributed by atoms with E-state index in [0.29, 0.717) is 11.8 Å². The van der Waals surface area contributed by atoms with Crippen molar-refractivity contribution < 1.29 is 9.52 Å². The molecule has 0 amide bonds. The lowest BCUT2D eigenvalue weighted by molar-refractivity contribution is 0.0910. The summed E-state index contributed by atoms with van der Waals surface area (Å²) in [7, 11) is 0. The van der Waals surface area contributed by atoms with Gasteiger partial charge >= 0.3 is 0 Å². The summed E-state index contributed by atoms with van der Waals surface area (Å²) in [6.45, 7) is 2.02. The smallest absolute Gasteiger partial charge is 0.138 e. The predicted molar refractivity (Wildman–Crippen MR) is 52.8 cm³/mol. The van der Waals surface area contributed by atoms with Crippen molar-refractivity contribution in [1.82, 2.24) is 0 Å². The summed E-state index contributed by atoms with van der Waals surface area (Å²) < 4.78 is 5.43. The zero-order valence-corrected chi connectivity index (χ0v) is 8.49. The van der Waals surface area contributed by atoms with Gasteiger partial charge in [-0.15, -0.1) is 0 Å². The van der Waals surface area contributed by atoms with Gasteiger partial charge in [0.15, 0.2) is 0 Å². The first kappa shape index (κ1) is 8.54. The van der Waals surface area contributed by atoms with Gasteiger partial charge in [-0.05, 0) is 31.4 Å². The standard InChI is InChI=1S/C12H16O2/c1-8-6-7-14-11(8)12(13)9-4-2-3-5-10(9)12/h6-7,9-10,13H,2-5H2,1H3. The molecule has 0 radical (unpaired) electrons. The highest BCUT2D eigenvalue weighted by Crippen LogP contribution is 2.64. The van der Waals surface area contributed by atoms with Gasteiger partial charge in [0.2, 0.25) is 0 Å². The fraction of sp³-hybridized carbons (Fsp3) is 0.667. The van der Waals surface area contributed by atoms with E-state index in [0.717, 1.165) is 11.3 Å². The summed E-state index contributed by atoms with van der Waals surface area (Å²) in [5, 5.41) is 10.5. The maximum absolute atomic E-state index is 10.5. The molecular formula is C12H16O2. The van der Waals surface area contributed by atoms with Crippen molar-refractivity contribution in [1.29, 1.82) is 0 Å².